The second-order valence-electron chi connectivity index (χ2n) is 7.70. The highest BCUT2D eigenvalue weighted by molar-refractivity contribution is 5.73. The summed E-state index contributed by atoms with van der Waals surface area (Å²) < 4.78 is 5.64. The number of ether oxygens (including phenoxy) is 1. The van der Waals surface area contributed by atoms with E-state index in [1.54, 1.807) is 0 Å². The summed E-state index contributed by atoms with van der Waals surface area (Å²) in [6.07, 6.45) is 3.59. The molecule has 1 aromatic rings. The third kappa shape index (κ3) is 5.24. The third-order valence-corrected chi connectivity index (χ3v) is 4.36. The molecule has 0 amide bonds. The monoisotopic (exact) mass is 319 g/mol. The van der Waals surface area contributed by atoms with Crippen molar-refractivity contribution in [1.29, 1.82) is 0 Å². The minimum absolute atomic E-state index is 0.00305. The molecule has 2 N–H and O–H groups in total. The van der Waals surface area contributed by atoms with Crippen molar-refractivity contribution in [2.75, 3.05) is 6.61 Å². The zero-order chi connectivity index (χ0) is 17.0. The maximum atomic E-state index is 11.5. The predicted molar refractivity (Wildman–Crippen MR) is 91.9 cm³/mol. The quantitative estimate of drug-likeness (QED) is 0.834. The van der Waals surface area contributed by atoms with Gasteiger partial charge >= 0.3 is 5.97 Å². The molecular weight excluding hydrogens is 290 g/mol. The Morgan fingerprint density at radius 3 is 2.78 bits per heavy atom. The average Bonchev–Trinajstić information content (AvgIpc) is 2.49. The maximum absolute atomic E-state index is 11.5. The Labute approximate surface area is 139 Å². The molecule has 0 saturated carbocycles. The van der Waals surface area contributed by atoms with Gasteiger partial charge < -0.3 is 9.84 Å². The molecule has 1 aromatic carbocycles. The van der Waals surface area contributed by atoms with Gasteiger partial charge in [-0.15, -0.1) is 0 Å². The lowest BCUT2D eigenvalue weighted by atomic mass is 9.88. The Morgan fingerprint density at radius 2 is 2.13 bits per heavy atom. The van der Waals surface area contributed by atoms with Crippen LogP contribution >= 0.6 is 0 Å². The van der Waals surface area contributed by atoms with E-state index in [9.17, 15) is 9.90 Å². The van der Waals surface area contributed by atoms with E-state index in [2.05, 4.69) is 32.2 Å². The lowest BCUT2D eigenvalue weighted by Crippen LogP contribution is -2.39. The average molecular weight is 319 g/mol. The Kier molecular flexibility index (Phi) is 5.69. The largest absolute Gasteiger partial charge is 0.493 e. The van der Waals surface area contributed by atoms with Crippen LogP contribution in [0.3, 0.4) is 0 Å². The fourth-order valence-corrected chi connectivity index (χ4v) is 2.90. The Hall–Kier alpha value is -1.55. The number of fused-ring (bicyclic) bond motifs is 1. The fraction of sp³-hybridized carbons (Fsp3) is 0.632. The number of aliphatic carboxylic acids is 1. The van der Waals surface area contributed by atoms with Gasteiger partial charge in [0.1, 0.15) is 11.8 Å². The van der Waals surface area contributed by atoms with Crippen molar-refractivity contribution in [3.05, 3.63) is 29.3 Å². The molecule has 0 spiro atoms. The second kappa shape index (κ2) is 7.35. The predicted octanol–water partition coefficient (Wildman–Crippen LogP) is 3.94. The van der Waals surface area contributed by atoms with Crippen LogP contribution in [0.1, 0.15) is 64.1 Å². The molecule has 23 heavy (non-hydrogen) atoms. The molecule has 4 nitrogen and oxygen atoms in total. The number of carbonyl (C=O) groups is 1. The molecule has 1 heterocycles. The smallest absolute Gasteiger partial charge is 0.320 e. The topological polar surface area (TPSA) is 58.6 Å². The van der Waals surface area contributed by atoms with E-state index in [0.717, 1.165) is 37.2 Å². The van der Waals surface area contributed by atoms with Crippen LogP contribution in [0.2, 0.25) is 0 Å². The van der Waals surface area contributed by atoms with Gasteiger partial charge in [-0.25, -0.2) is 0 Å². The fourth-order valence-electron chi connectivity index (χ4n) is 2.90. The van der Waals surface area contributed by atoms with Gasteiger partial charge in [0, 0.05) is 6.04 Å². The molecule has 2 rings (SSSR count). The van der Waals surface area contributed by atoms with E-state index >= 15 is 0 Å². The summed E-state index contributed by atoms with van der Waals surface area (Å²) in [6, 6.07) is 5.67. The summed E-state index contributed by atoms with van der Waals surface area (Å²) in [7, 11) is 0. The molecule has 2 atom stereocenters. The van der Waals surface area contributed by atoms with Crippen LogP contribution in [0.5, 0.6) is 5.75 Å². The van der Waals surface area contributed by atoms with Crippen LogP contribution in [0.25, 0.3) is 0 Å². The van der Waals surface area contributed by atoms with E-state index in [-0.39, 0.29) is 11.5 Å². The SMILES string of the molecule is C[C@@H](N[C@@H](CCC(C)(C)C)C(=O)O)c1ccc2c(c1)CCCO2. The number of nitrogens with one attached hydrogen (secondary N) is 1. The third-order valence-electron chi connectivity index (χ3n) is 4.36. The number of aryl methyl sites for hydroxylation is 1. The van der Waals surface area contributed by atoms with E-state index in [0.29, 0.717) is 6.42 Å². The van der Waals surface area contributed by atoms with E-state index in [1.165, 1.54) is 5.56 Å². The van der Waals surface area contributed by atoms with Crippen LogP contribution in [0.4, 0.5) is 0 Å². The lowest BCUT2D eigenvalue weighted by molar-refractivity contribution is -0.140. The summed E-state index contributed by atoms with van der Waals surface area (Å²) in [5.74, 6) is 0.192. The van der Waals surface area contributed by atoms with Crippen molar-refractivity contribution in [3.8, 4) is 5.75 Å². The van der Waals surface area contributed by atoms with Gasteiger partial charge in [0.15, 0.2) is 0 Å². The Balaban J connectivity index is 2.03. The highest BCUT2D eigenvalue weighted by atomic mass is 16.5. The van der Waals surface area contributed by atoms with E-state index < -0.39 is 12.0 Å². The summed E-state index contributed by atoms with van der Waals surface area (Å²) in [5.41, 5.74) is 2.49. The first-order chi connectivity index (χ1) is 10.8. The summed E-state index contributed by atoms with van der Waals surface area (Å²) >= 11 is 0. The first kappa shape index (κ1) is 17.8. The first-order valence-corrected chi connectivity index (χ1v) is 8.51. The number of hydrogen-bond donors (Lipinski definition) is 2. The highest BCUT2D eigenvalue weighted by Crippen LogP contribution is 2.28. The number of carboxylic acids is 1. The molecule has 1 aliphatic rings. The normalized spacial score (nSPS) is 17.0. The Bertz CT molecular complexity index is 548. The molecule has 0 radical (unpaired) electrons. The maximum Gasteiger partial charge on any atom is 0.320 e. The minimum Gasteiger partial charge on any atom is -0.493 e. The van der Waals surface area contributed by atoms with E-state index in [4.69, 9.17) is 4.74 Å². The summed E-state index contributed by atoms with van der Waals surface area (Å²) in [6.45, 7) is 9.23. The summed E-state index contributed by atoms with van der Waals surface area (Å²) in [5, 5.41) is 12.7. The molecule has 0 unspecified atom stereocenters. The lowest BCUT2D eigenvalue weighted by Gasteiger charge is -2.25. The minimum atomic E-state index is -0.776. The molecule has 4 heteroatoms. The van der Waals surface area contributed by atoms with Gasteiger partial charge in [0.05, 0.1) is 6.61 Å². The molecular formula is C19H29NO3. The van der Waals surface area contributed by atoms with Crippen LogP contribution < -0.4 is 10.1 Å². The number of hydrogen-bond acceptors (Lipinski definition) is 3. The highest BCUT2D eigenvalue weighted by Gasteiger charge is 2.23. The van der Waals surface area contributed by atoms with Crippen molar-refractivity contribution >= 4 is 5.97 Å². The van der Waals surface area contributed by atoms with Gasteiger partial charge in [0.2, 0.25) is 0 Å². The number of rotatable bonds is 6. The van der Waals surface area contributed by atoms with Crippen LogP contribution in [0.15, 0.2) is 18.2 Å². The molecule has 0 aliphatic carbocycles. The van der Waals surface area contributed by atoms with Gasteiger partial charge in [-0.3, -0.25) is 10.1 Å². The van der Waals surface area contributed by atoms with Gasteiger partial charge in [-0.2, -0.15) is 0 Å². The summed E-state index contributed by atoms with van der Waals surface area (Å²) in [4.78, 5) is 11.5. The zero-order valence-electron chi connectivity index (χ0n) is 14.7. The zero-order valence-corrected chi connectivity index (χ0v) is 14.7. The van der Waals surface area contributed by atoms with E-state index in [1.807, 2.05) is 19.1 Å². The van der Waals surface area contributed by atoms with Crippen molar-refractivity contribution in [2.24, 2.45) is 5.41 Å². The molecule has 0 fully saturated rings. The standard InChI is InChI=1S/C19H29NO3/c1-13(20-16(18(21)22)9-10-19(2,3)4)14-7-8-17-15(12-14)6-5-11-23-17/h7-8,12-13,16,20H,5-6,9-11H2,1-4H3,(H,21,22)/t13-,16+/m1/s1. The Morgan fingerprint density at radius 1 is 1.39 bits per heavy atom. The number of carboxylic acid groups (broad SMARTS) is 1. The molecule has 1 aliphatic heterocycles. The van der Waals surface area contributed by atoms with Crippen molar-refractivity contribution in [2.45, 2.75) is 65.5 Å². The van der Waals surface area contributed by atoms with Crippen LogP contribution in [-0.4, -0.2) is 23.7 Å². The van der Waals surface area contributed by atoms with Crippen LogP contribution in [0, 0.1) is 5.41 Å². The van der Waals surface area contributed by atoms with Crippen LogP contribution in [-0.2, 0) is 11.2 Å². The van der Waals surface area contributed by atoms with Gasteiger partial charge in [-0.1, -0.05) is 32.9 Å². The van der Waals surface area contributed by atoms with Gasteiger partial charge in [-0.05, 0) is 55.2 Å². The molecule has 0 bridgehead atoms. The van der Waals surface area contributed by atoms with Crippen molar-refractivity contribution in [3.63, 3.8) is 0 Å². The molecule has 0 aromatic heterocycles. The van der Waals surface area contributed by atoms with Crippen molar-refractivity contribution < 1.29 is 14.6 Å². The van der Waals surface area contributed by atoms with Crippen molar-refractivity contribution in [1.82, 2.24) is 5.32 Å². The van der Waals surface area contributed by atoms with Gasteiger partial charge in [0.25, 0.3) is 0 Å². The molecule has 0 saturated heterocycles. The number of benzene rings is 1. The second-order valence-corrected chi connectivity index (χ2v) is 7.70. The first-order valence-electron chi connectivity index (χ1n) is 8.51. The molecule has 128 valence electrons.